The fraction of sp³-hybridized carbons (Fsp3) is 1.00. The van der Waals surface area contributed by atoms with E-state index < -0.39 is 0 Å². The zero-order chi connectivity index (χ0) is 12.4. The van der Waals surface area contributed by atoms with Crippen LogP contribution in [-0.4, -0.2) is 12.7 Å². The molecule has 0 bridgehead atoms. The third-order valence-corrected chi connectivity index (χ3v) is 3.57. The summed E-state index contributed by atoms with van der Waals surface area (Å²) in [5.74, 6) is 1.82. The molecule has 0 aromatic heterocycles. The van der Waals surface area contributed by atoms with Gasteiger partial charge in [0.25, 0.3) is 0 Å². The molecular weight excluding hydrogens is 196 g/mol. The number of hydrogen-bond acceptors (Lipinski definition) is 1. The summed E-state index contributed by atoms with van der Waals surface area (Å²) in [6.07, 6.45) is 8.73. The molecule has 1 nitrogen and oxygen atoms in total. The van der Waals surface area contributed by atoms with Crippen molar-refractivity contribution in [2.45, 2.75) is 79.2 Å². The first-order chi connectivity index (χ1) is 7.83. The molecule has 0 N–H and O–H groups in total. The van der Waals surface area contributed by atoms with Crippen LogP contribution >= 0.6 is 0 Å². The van der Waals surface area contributed by atoms with Gasteiger partial charge in [-0.25, -0.2) is 0 Å². The molecule has 1 rings (SSSR count). The van der Waals surface area contributed by atoms with Crippen LogP contribution in [0, 0.1) is 11.8 Å². The molecule has 0 spiro atoms. The molecule has 0 radical (unpaired) electrons. The van der Waals surface area contributed by atoms with Crippen molar-refractivity contribution >= 4 is 0 Å². The monoisotopic (exact) mass is 228 g/mol. The number of ether oxygens (including phenoxy) is 1. The highest BCUT2D eigenvalue weighted by molar-refractivity contribution is 4.85. The van der Waals surface area contributed by atoms with Gasteiger partial charge in [0.15, 0.2) is 0 Å². The van der Waals surface area contributed by atoms with Crippen LogP contribution in [0.15, 0.2) is 0 Å². The van der Waals surface area contributed by atoms with E-state index in [9.17, 15) is 0 Å². The van der Waals surface area contributed by atoms with Gasteiger partial charge in [-0.05, 0) is 38.0 Å². The molecule has 3 atom stereocenters. The molecule has 0 heterocycles. The third kappa shape index (κ3) is 4.86. The molecule has 0 aromatic carbocycles. The molecule has 0 saturated heterocycles. The van der Waals surface area contributed by atoms with Crippen molar-refractivity contribution in [1.29, 1.82) is 0 Å². The highest BCUT2D eigenvalue weighted by Gasteiger charge is 2.34. The highest BCUT2D eigenvalue weighted by atomic mass is 16.5. The highest BCUT2D eigenvalue weighted by Crippen LogP contribution is 2.39. The van der Waals surface area contributed by atoms with E-state index >= 15 is 0 Å². The number of hydrogen-bond donors (Lipinski definition) is 0. The van der Waals surface area contributed by atoms with Crippen LogP contribution < -0.4 is 0 Å². The second-order valence-electron chi connectivity index (χ2n) is 4.57. The normalized spacial score (nSPS) is 28.7. The van der Waals surface area contributed by atoms with Gasteiger partial charge in [0.05, 0.1) is 6.10 Å². The molecule has 16 heavy (non-hydrogen) atoms. The lowest BCUT2D eigenvalue weighted by Crippen LogP contribution is -2.22. The Labute approximate surface area is 103 Å². The Kier molecular flexibility index (Phi) is 10.1. The zero-order valence-electron chi connectivity index (χ0n) is 12.1. The summed E-state index contributed by atoms with van der Waals surface area (Å²) in [7, 11) is 0. The first kappa shape index (κ1) is 16.0. The minimum absolute atomic E-state index is 0.580. The van der Waals surface area contributed by atoms with Gasteiger partial charge in [-0.3, -0.25) is 0 Å². The van der Waals surface area contributed by atoms with Gasteiger partial charge < -0.3 is 4.74 Å². The zero-order valence-corrected chi connectivity index (χ0v) is 12.1. The minimum atomic E-state index is 0.580. The fourth-order valence-electron chi connectivity index (χ4n) is 3.02. The Bertz CT molecular complexity index is 130. The van der Waals surface area contributed by atoms with Crippen molar-refractivity contribution in [3.8, 4) is 0 Å². The van der Waals surface area contributed by atoms with Crippen LogP contribution in [0.25, 0.3) is 0 Å². The Morgan fingerprint density at radius 3 is 2.06 bits per heavy atom. The topological polar surface area (TPSA) is 9.23 Å². The first-order valence-corrected chi connectivity index (χ1v) is 7.45. The largest absolute Gasteiger partial charge is 0.378 e. The maximum absolute atomic E-state index is 5.84. The molecule has 1 fully saturated rings. The van der Waals surface area contributed by atoms with Gasteiger partial charge >= 0.3 is 0 Å². The molecule has 0 amide bonds. The quantitative estimate of drug-likeness (QED) is 0.618. The van der Waals surface area contributed by atoms with Gasteiger partial charge in [0, 0.05) is 6.61 Å². The molecule has 1 heteroatoms. The molecule has 1 aliphatic rings. The van der Waals surface area contributed by atoms with Crippen molar-refractivity contribution < 1.29 is 4.74 Å². The second-order valence-corrected chi connectivity index (χ2v) is 4.57. The minimum Gasteiger partial charge on any atom is -0.378 e. The Morgan fingerprint density at radius 2 is 1.56 bits per heavy atom. The average Bonchev–Trinajstić information content (AvgIpc) is 2.67. The van der Waals surface area contributed by atoms with Gasteiger partial charge in [-0.2, -0.15) is 0 Å². The van der Waals surface area contributed by atoms with Crippen molar-refractivity contribution in [3.63, 3.8) is 0 Å². The van der Waals surface area contributed by atoms with Crippen LogP contribution in [-0.2, 0) is 4.74 Å². The second kappa shape index (κ2) is 10.1. The van der Waals surface area contributed by atoms with Crippen molar-refractivity contribution in [2.24, 2.45) is 11.8 Å². The molecule has 0 aromatic rings. The molecular formula is C15H32O. The molecule has 1 aliphatic carbocycles. The van der Waals surface area contributed by atoms with E-state index in [-0.39, 0.29) is 0 Å². The van der Waals surface area contributed by atoms with Crippen molar-refractivity contribution in [3.05, 3.63) is 0 Å². The maximum atomic E-state index is 5.84. The molecule has 2 unspecified atom stereocenters. The van der Waals surface area contributed by atoms with Crippen LogP contribution in [0.3, 0.4) is 0 Å². The maximum Gasteiger partial charge on any atom is 0.0605 e. The lowest BCUT2D eigenvalue weighted by Gasteiger charge is -2.24. The third-order valence-electron chi connectivity index (χ3n) is 3.57. The van der Waals surface area contributed by atoms with Gasteiger partial charge in [-0.1, -0.05) is 47.0 Å². The standard InChI is InChI=1S/C13H26O.C2H6/c1-4-7-11-9-10-13(14-6-3)12(11)8-5-2;1-2/h11-13H,4-10H2,1-3H3;1-2H3/t11?,12-,13?;/m1./s1. The van der Waals surface area contributed by atoms with Crippen molar-refractivity contribution in [1.82, 2.24) is 0 Å². The lowest BCUT2D eigenvalue weighted by molar-refractivity contribution is 0.0242. The molecule has 0 aliphatic heterocycles. The molecule has 98 valence electrons. The fourth-order valence-corrected chi connectivity index (χ4v) is 3.02. The summed E-state index contributed by atoms with van der Waals surface area (Å²) >= 11 is 0. The predicted molar refractivity (Wildman–Crippen MR) is 72.8 cm³/mol. The summed E-state index contributed by atoms with van der Waals surface area (Å²) in [5, 5.41) is 0. The Hall–Kier alpha value is -0.0400. The van der Waals surface area contributed by atoms with Crippen LogP contribution in [0.5, 0.6) is 0 Å². The van der Waals surface area contributed by atoms with Crippen LogP contribution in [0.4, 0.5) is 0 Å². The average molecular weight is 228 g/mol. The van der Waals surface area contributed by atoms with Crippen LogP contribution in [0.2, 0.25) is 0 Å². The first-order valence-electron chi connectivity index (χ1n) is 7.45. The summed E-state index contributed by atoms with van der Waals surface area (Å²) in [4.78, 5) is 0. The summed E-state index contributed by atoms with van der Waals surface area (Å²) < 4.78 is 5.84. The van der Waals surface area contributed by atoms with E-state index in [4.69, 9.17) is 4.74 Å². The van der Waals surface area contributed by atoms with Gasteiger partial charge in [0.1, 0.15) is 0 Å². The lowest BCUT2D eigenvalue weighted by atomic mass is 9.87. The summed E-state index contributed by atoms with van der Waals surface area (Å²) in [5.41, 5.74) is 0. The Balaban J connectivity index is 0.00000106. The van der Waals surface area contributed by atoms with E-state index in [1.54, 1.807) is 0 Å². The predicted octanol–water partition coefficient (Wildman–Crippen LogP) is 5.04. The SMILES string of the molecule is CC.CCCC1CCC(OCC)[C@@H]1CCC. The van der Waals surface area contributed by atoms with E-state index in [1.165, 1.54) is 38.5 Å². The molecule has 1 saturated carbocycles. The van der Waals surface area contributed by atoms with E-state index in [0.29, 0.717) is 6.10 Å². The summed E-state index contributed by atoms with van der Waals surface area (Å²) in [6, 6.07) is 0. The Morgan fingerprint density at radius 1 is 0.938 bits per heavy atom. The van der Waals surface area contributed by atoms with Crippen molar-refractivity contribution in [2.75, 3.05) is 6.61 Å². The van der Waals surface area contributed by atoms with Gasteiger partial charge in [-0.15, -0.1) is 0 Å². The van der Waals surface area contributed by atoms with Gasteiger partial charge in [0.2, 0.25) is 0 Å². The van der Waals surface area contributed by atoms with Crippen LogP contribution in [0.1, 0.15) is 73.1 Å². The summed E-state index contributed by atoms with van der Waals surface area (Å²) in [6.45, 7) is 11.6. The van der Waals surface area contributed by atoms with E-state index in [1.807, 2.05) is 13.8 Å². The van der Waals surface area contributed by atoms with E-state index in [2.05, 4.69) is 20.8 Å². The van der Waals surface area contributed by atoms with E-state index in [0.717, 1.165) is 18.4 Å². The number of rotatable bonds is 6. The smallest absolute Gasteiger partial charge is 0.0605 e.